The number of benzene rings is 1. The minimum Gasteiger partial charge on any atom is -0.395 e. The smallest absolute Gasteiger partial charge is 0.395 e. The molecule has 0 atom stereocenters. The summed E-state index contributed by atoms with van der Waals surface area (Å²) in [7, 11) is 1.42. The molecular formula is C29H27ClF3N9O3. The van der Waals surface area contributed by atoms with Crippen molar-refractivity contribution < 1.29 is 27.9 Å². The summed E-state index contributed by atoms with van der Waals surface area (Å²) in [5, 5.41) is 19.0. The Morgan fingerprint density at radius 1 is 1.13 bits per heavy atom. The predicted octanol–water partition coefficient (Wildman–Crippen LogP) is 3.58. The van der Waals surface area contributed by atoms with E-state index >= 15 is 0 Å². The topological polar surface area (TPSA) is 135 Å². The molecule has 234 valence electrons. The van der Waals surface area contributed by atoms with Gasteiger partial charge in [0.05, 0.1) is 45.7 Å². The first-order valence-electron chi connectivity index (χ1n) is 13.9. The van der Waals surface area contributed by atoms with E-state index < -0.39 is 17.8 Å². The van der Waals surface area contributed by atoms with Crippen LogP contribution in [0.4, 0.5) is 18.9 Å². The fraction of sp³-hybridized carbons (Fsp3) is 0.276. The van der Waals surface area contributed by atoms with Gasteiger partial charge in [-0.25, -0.2) is 14.6 Å². The van der Waals surface area contributed by atoms with Gasteiger partial charge in [-0.05, 0) is 36.4 Å². The van der Waals surface area contributed by atoms with Gasteiger partial charge in [0.1, 0.15) is 0 Å². The third kappa shape index (κ3) is 5.89. The van der Waals surface area contributed by atoms with Crippen molar-refractivity contribution in [3.8, 4) is 17.1 Å². The van der Waals surface area contributed by atoms with E-state index in [0.29, 0.717) is 49.3 Å². The van der Waals surface area contributed by atoms with E-state index in [9.17, 15) is 27.9 Å². The van der Waals surface area contributed by atoms with Gasteiger partial charge < -0.3 is 29.8 Å². The molecule has 45 heavy (non-hydrogen) atoms. The Balaban J connectivity index is 1.26. The summed E-state index contributed by atoms with van der Waals surface area (Å²) in [6, 6.07) is 9.39. The third-order valence-corrected chi connectivity index (χ3v) is 7.81. The number of piperazine rings is 1. The van der Waals surface area contributed by atoms with E-state index in [1.54, 1.807) is 27.8 Å². The molecule has 12 nitrogen and oxygen atoms in total. The molecule has 0 unspecified atom stereocenters. The van der Waals surface area contributed by atoms with E-state index in [0.717, 1.165) is 4.68 Å². The van der Waals surface area contributed by atoms with Crippen LogP contribution >= 0.6 is 11.6 Å². The quantitative estimate of drug-likeness (QED) is 0.247. The number of anilines is 1. The van der Waals surface area contributed by atoms with Gasteiger partial charge in [-0.3, -0.25) is 9.59 Å². The molecule has 1 aromatic carbocycles. The highest BCUT2D eigenvalue weighted by molar-refractivity contribution is 6.34. The molecule has 16 heteroatoms. The highest BCUT2D eigenvalue weighted by Gasteiger charge is 2.39. The van der Waals surface area contributed by atoms with Gasteiger partial charge in [0.25, 0.3) is 11.8 Å². The van der Waals surface area contributed by atoms with Crippen LogP contribution in [0.3, 0.4) is 0 Å². The molecule has 5 aromatic rings. The van der Waals surface area contributed by atoms with Crippen molar-refractivity contribution in [2.24, 2.45) is 7.05 Å². The van der Waals surface area contributed by atoms with Gasteiger partial charge in [-0.1, -0.05) is 11.6 Å². The molecule has 0 saturated carbocycles. The van der Waals surface area contributed by atoms with Gasteiger partial charge >= 0.3 is 6.18 Å². The Morgan fingerprint density at radius 3 is 2.62 bits per heavy atom. The Kier molecular flexibility index (Phi) is 8.07. The maximum absolute atomic E-state index is 14.2. The second-order valence-corrected chi connectivity index (χ2v) is 10.8. The number of carbonyl (C=O) groups excluding carboxylic acids is 2. The highest BCUT2D eigenvalue weighted by atomic mass is 35.5. The zero-order valence-electron chi connectivity index (χ0n) is 23.8. The van der Waals surface area contributed by atoms with Gasteiger partial charge in [0.15, 0.2) is 17.3 Å². The summed E-state index contributed by atoms with van der Waals surface area (Å²) >= 11 is 6.38. The van der Waals surface area contributed by atoms with Crippen molar-refractivity contribution >= 4 is 40.1 Å². The van der Waals surface area contributed by atoms with Crippen molar-refractivity contribution in [1.29, 1.82) is 0 Å². The lowest BCUT2D eigenvalue weighted by Crippen LogP contribution is -2.46. The van der Waals surface area contributed by atoms with Crippen LogP contribution in [0.25, 0.3) is 28.1 Å². The summed E-state index contributed by atoms with van der Waals surface area (Å²) in [5.41, 5.74) is 0.342. The molecule has 0 spiro atoms. The fourth-order valence-corrected chi connectivity index (χ4v) is 5.51. The number of rotatable bonds is 7. The van der Waals surface area contributed by atoms with Crippen LogP contribution in [0.2, 0.25) is 5.02 Å². The molecule has 4 aromatic heterocycles. The second kappa shape index (κ2) is 12.0. The molecule has 6 rings (SSSR count). The van der Waals surface area contributed by atoms with Crippen molar-refractivity contribution in [2.75, 3.05) is 38.1 Å². The minimum atomic E-state index is -4.82. The van der Waals surface area contributed by atoms with Crippen LogP contribution in [-0.2, 0) is 19.8 Å². The van der Waals surface area contributed by atoms with Gasteiger partial charge in [0.2, 0.25) is 0 Å². The maximum Gasteiger partial charge on any atom is 0.435 e. The lowest BCUT2D eigenvalue weighted by atomic mass is 10.1. The van der Waals surface area contributed by atoms with Crippen LogP contribution < -0.4 is 10.6 Å². The average Bonchev–Trinajstić information content (AvgIpc) is 3.74. The molecule has 0 aliphatic carbocycles. The normalized spacial score (nSPS) is 13.9. The van der Waals surface area contributed by atoms with Gasteiger partial charge in [0, 0.05) is 57.9 Å². The molecule has 0 radical (unpaired) electrons. The van der Waals surface area contributed by atoms with E-state index in [2.05, 4.69) is 25.7 Å². The van der Waals surface area contributed by atoms with Crippen LogP contribution in [0.15, 0.2) is 55.0 Å². The number of nitrogens with one attached hydrogen (secondary N) is 2. The summed E-state index contributed by atoms with van der Waals surface area (Å²) in [6.45, 7) is 2.74. The number of alkyl halides is 3. The number of hydrogen-bond donors (Lipinski definition) is 3. The zero-order chi connectivity index (χ0) is 31.9. The summed E-state index contributed by atoms with van der Waals surface area (Å²) < 4.78 is 46.5. The number of hydrogen-bond acceptors (Lipinski definition) is 7. The Morgan fingerprint density at radius 2 is 1.91 bits per heavy atom. The third-order valence-electron chi connectivity index (χ3n) is 7.50. The highest BCUT2D eigenvalue weighted by Crippen LogP contribution is 2.37. The largest absolute Gasteiger partial charge is 0.435 e. The first-order chi connectivity index (χ1) is 21.5. The van der Waals surface area contributed by atoms with E-state index in [1.807, 2.05) is 0 Å². The van der Waals surface area contributed by atoms with Crippen LogP contribution in [-0.4, -0.2) is 83.5 Å². The van der Waals surface area contributed by atoms with Gasteiger partial charge in [-0.15, -0.1) is 0 Å². The fourth-order valence-electron chi connectivity index (χ4n) is 5.24. The number of aliphatic hydroxyl groups excluding tert-OH is 1. The molecule has 1 fully saturated rings. The Labute approximate surface area is 259 Å². The molecule has 1 aliphatic rings. The first kappa shape index (κ1) is 30.3. The van der Waals surface area contributed by atoms with Crippen molar-refractivity contribution in [1.82, 2.24) is 39.1 Å². The van der Waals surface area contributed by atoms with Crippen LogP contribution in [0.1, 0.15) is 26.7 Å². The Hall–Kier alpha value is -4.73. The first-order valence-corrected chi connectivity index (χ1v) is 14.3. The molecular weight excluding hydrogens is 615 g/mol. The molecule has 1 saturated heterocycles. The Bertz CT molecular complexity index is 1910. The number of nitrogens with zero attached hydrogens (tertiary/aromatic N) is 7. The van der Waals surface area contributed by atoms with E-state index in [-0.39, 0.29) is 46.1 Å². The lowest BCUT2D eigenvalue weighted by Gasteiger charge is -2.27. The molecule has 1 aliphatic heterocycles. The maximum atomic E-state index is 14.2. The van der Waals surface area contributed by atoms with E-state index in [1.165, 1.54) is 48.3 Å². The van der Waals surface area contributed by atoms with Crippen molar-refractivity contribution in [2.45, 2.75) is 12.7 Å². The molecule has 5 heterocycles. The number of carbonyl (C=O) groups is 2. The van der Waals surface area contributed by atoms with Gasteiger partial charge in [-0.2, -0.15) is 18.3 Å². The van der Waals surface area contributed by atoms with Crippen molar-refractivity contribution in [3.05, 3.63) is 77.1 Å². The monoisotopic (exact) mass is 641 g/mol. The predicted molar refractivity (Wildman–Crippen MR) is 159 cm³/mol. The standard InChI is InChI=1S/C29H27ClF3N9O3/c1-39-23(15-35-26(39)27(44)36-17-2-3-18(20(30)14-17)28(45)41-10-7-34-8-11-41)19-16-42(38-25(19)29(31,32)33)24-5-4-22-21(37-24)6-9-40(22)12-13-43/h2-6,9,14-16,34,43H,7-8,10-13H2,1H3,(H,36,44). The lowest BCUT2D eigenvalue weighted by molar-refractivity contribution is -0.140. The minimum absolute atomic E-state index is 0.00361. The summed E-state index contributed by atoms with van der Waals surface area (Å²) in [5.74, 6) is -0.921. The number of imidazole rings is 1. The summed E-state index contributed by atoms with van der Waals surface area (Å²) in [6.07, 6.45) is -0.735. The number of amides is 2. The number of halogens is 4. The SMILES string of the molecule is Cn1c(-c2cn(-c3ccc4c(ccn4CCO)n3)nc2C(F)(F)F)cnc1C(=O)Nc1ccc(C(=O)N2CCNCC2)c(Cl)c1. The van der Waals surface area contributed by atoms with Crippen LogP contribution in [0, 0.1) is 0 Å². The zero-order valence-corrected chi connectivity index (χ0v) is 24.6. The number of aliphatic hydroxyl groups is 1. The summed E-state index contributed by atoms with van der Waals surface area (Å²) in [4.78, 5) is 36.2. The van der Waals surface area contributed by atoms with Crippen molar-refractivity contribution in [3.63, 3.8) is 0 Å². The number of fused-ring (bicyclic) bond motifs is 1. The number of aromatic nitrogens is 6. The second-order valence-electron chi connectivity index (χ2n) is 10.4. The number of pyridine rings is 1. The molecule has 3 N–H and O–H groups in total. The molecule has 0 bridgehead atoms. The van der Waals surface area contributed by atoms with E-state index in [4.69, 9.17) is 11.6 Å². The van der Waals surface area contributed by atoms with Crippen LogP contribution in [0.5, 0.6) is 0 Å². The average molecular weight is 642 g/mol. The molecule has 2 amide bonds.